The molecule has 4 aromatic rings. The van der Waals surface area contributed by atoms with Crippen molar-refractivity contribution in [2.45, 2.75) is 0 Å². The number of benzene rings is 2. The zero-order chi connectivity index (χ0) is 14.9. The van der Waals surface area contributed by atoms with Crippen molar-refractivity contribution in [3.05, 3.63) is 72.3 Å². The largest absolute Gasteiger partial charge is 0.132 e. The van der Waals surface area contributed by atoms with E-state index in [1.54, 1.807) is 0 Å². The normalized spacial score (nSPS) is 10.2. The van der Waals surface area contributed by atoms with E-state index in [1.165, 1.54) is 21.0 Å². The van der Waals surface area contributed by atoms with Crippen LogP contribution in [-0.2, 0) is 20.8 Å². The maximum Gasteiger partial charge on any atom is -0.00183 e. The molecule has 0 aliphatic carbocycles. The quantitative estimate of drug-likeness (QED) is 0.279. The first-order valence-electron chi connectivity index (χ1n) is 6.35. The maximum absolute atomic E-state index is 4.93. The van der Waals surface area contributed by atoms with Gasteiger partial charge in [-0.3, -0.25) is 0 Å². The maximum atomic E-state index is 4.93. The summed E-state index contributed by atoms with van der Waals surface area (Å²) in [7, 11) is 11.7. The monoisotopic (exact) mass is 428 g/mol. The van der Waals surface area contributed by atoms with Gasteiger partial charge in [0.05, 0.1) is 0 Å². The molecule has 106 valence electrons. The summed E-state index contributed by atoms with van der Waals surface area (Å²) in [6.07, 6.45) is 0. The zero-order valence-electron chi connectivity index (χ0n) is 11.2. The molecule has 2 atom stereocenters. The Labute approximate surface area is 146 Å². The summed E-state index contributed by atoms with van der Waals surface area (Å²) in [6.45, 7) is 0. The Bertz CT molecular complexity index is 653. The van der Waals surface area contributed by atoms with Crippen molar-refractivity contribution < 1.29 is 20.8 Å². The van der Waals surface area contributed by atoms with E-state index in [0.717, 1.165) is 16.4 Å². The molecule has 0 aliphatic heterocycles. The van der Waals surface area contributed by atoms with Crippen LogP contribution in [0.4, 0.5) is 0 Å². The van der Waals surface area contributed by atoms with Gasteiger partial charge in [-0.15, -0.1) is 16.4 Å². The van der Waals surface area contributed by atoms with E-state index in [2.05, 4.69) is 72.3 Å². The molecule has 0 aliphatic rings. The Balaban J connectivity index is 0.000000130. The van der Waals surface area contributed by atoms with Crippen molar-refractivity contribution in [2.75, 3.05) is 0 Å². The summed E-state index contributed by atoms with van der Waals surface area (Å²) in [5.41, 5.74) is 0. The van der Waals surface area contributed by atoms with Gasteiger partial charge in [0, 0.05) is 0 Å². The van der Waals surface area contributed by atoms with Gasteiger partial charge in [-0.05, 0) is 32.6 Å². The third-order valence-corrected chi connectivity index (χ3v) is 5.12. The van der Waals surface area contributed by atoms with E-state index in [4.69, 9.17) is 17.0 Å². The average Bonchev–Trinajstić information content (AvgIpc) is 3.17. The van der Waals surface area contributed by atoms with Gasteiger partial charge in [-0.25, -0.2) is 0 Å². The second kappa shape index (κ2) is 9.89. The Morgan fingerprint density at radius 1 is 0.619 bits per heavy atom. The van der Waals surface area contributed by atoms with Crippen LogP contribution in [0.15, 0.2) is 72.3 Å². The molecule has 2 aromatic carbocycles. The van der Waals surface area contributed by atoms with Crippen LogP contribution in [0.2, 0.25) is 0 Å². The molecule has 0 nitrogen and oxygen atoms in total. The van der Waals surface area contributed by atoms with Crippen molar-refractivity contribution in [3.8, 4) is 0 Å². The van der Waals surface area contributed by atoms with Crippen LogP contribution in [0.5, 0.6) is 0 Å². The molecule has 0 saturated heterocycles. The van der Waals surface area contributed by atoms with Gasteiger partial charge in [0.15, 0.2) is 0 Å². The van der Waals surface area contributed by atoms with Crippen LogP contribution in [0.1, 0.15) is 0 Å². The second-order valence-electron chi connectivity index (χ2n) is 4.20. The van der Waals surface area contributed by atoms with Crippen LogP contribution in [0, 0.1) is 0 Å². The van der Waals surface area contributed by atoms with Crippen molar-refractivity contribution in [3.63, 3.8) is 0 Å². The van der Waals surface area contributed by atoms with Gasteiger partial charge in [0.1, 0.15) is 0 Å². The first-order valence-corrected chi connectivity index (χ1v) is 14.8. The van der Waals surface area contributed by atoms with Gasteiger partial charge in [0.2, 0.25) is 0 Å². The number of halogens is 2. The van der Waals surface area contributed by atoms with Crippen LogP contribution in [0.25, 0.3) is 21.0 Å². The Morgan fingerprint density at radius 2 is 1.00 bits per heavy atom. The molecular weight excluding hydrogens is 416 g/mol. The molecule has 2 heterocycles. The average molecular weight is 430 g/mol. The molecule has 0 bridgehead atoms. The first kappa shape index (κ1) is 17.3. The minimum Gasteiger partial charge on any atom is -0.132 e. The fraction of sp³-hybridized carbons (Fsp3) is 0. The molecule has 0 radical (unpaired) electrons. The summed E-state index contributed by atoms with van der Waals surface area (Å²) in [6, 6.07) is 21.4. The summed E-state index contributed by atoms with van der Waals surface area (Å²) >= 11 is -0.826. The number of hydrogen-bond donors (Lipinski definition) is 0. The Morgan fingerprint density at radius 3 is 1.38 bits per heavy atom. The van der Waals surface area contributed by atoms with E-state index in [9.17, 15) is 0 Å². The van der Waals surface area contributed by atoms with E-state index < -0.39 is 20.8 Å². The van der Waals surface area contributed by atoms with Crippen molar-refractivity contribution in [2.24, 2.45) is 0 Å². The van der Waals surface area contributed by atoms with E-state index in [1.807, 2.05) is 0 Å². The third kappa shape index (κ3) is 5.60. The van der Waals surface area contributed by atoms with Crippen LogP contribution < -0.4 is 0 Å². The van der Waals surface area contributed by atoms with Gasteiger partial charge < -0.3 is 0 Å². The van der Waals surface area contributed by atoms with Gasteiger partial charge in [0.25, 0.3) is 0 Å². The Kier molecular flexibility index (Phi) is 8.17. The van der Waals surface area contributed by atoms with Gasteiger partial charge >= 0.3 is 37.9 Å². The smallest absolute Gasteiger partial charge is 0.00183 e. The minimum atomic E-state index is -0.826. The second-order valence-corrected chi connectivity index (χ2v) is 10.3. The van der Waals surface area contributed by atoms with E-state index in [0.29, 0.717) is 0 Å². The van der Waals surface area contributed by atoms with E-state index in [-0.39, 0.29) is 0 Å². The van der Waals surface area contributed by atoms with Crippen LogP contribution in [-0.4, -0.2) is 0 Å². The number of fused-ring (bicyclic) bond motifs is 2. The molecule has 5 heteroatoms. The van der Waals surface area contributed by atoms with Crippen LogP contribution in [0.3, 0.4) is 0 Å². The number of hydrogen-bond acceptors (Lipinski definition) is 0. The topological polar surface area (TPSA) is 0 Å². The molecule has 0 amide bonds. The standard InChI is InChI=1S/2C8H7P.2ClH.Zr/c2*1-2-4-8-7(3-1)5-6-9-8;;;/h2*1-6,9H;2*1H;/q;;;;+2/p-2. The Hall–Kier alpha value is -0.0169. The molecule has 2 aromatic heterocycles. The predicted molar refractivity (Wildman–Crippen MR) is 98.6 cm³/mol. The summed E-state index contributed by atoms with van der Waals surface area (Å²) in [5.74, 6) is 4.45. The van der Waals surface area contributed by atoms with Crippen LogP contribution >= 0.6 is 33.4 Å². The molecule has 4 rings (SSSR count). The number of rotatable bonds is 0. The molecule has 0 N–H and O–H groups in total. The van der Waals surface area contributed by atoms with Gasteiger partial charge in [-0.1, -0.05) is 60.7 Å². The van der Waals surface area contributed by atoms with Gasteiger partial charge in [-0.2, -0.15) is 0 Å². The molecule has 21 heavy (non-hydrogen) atoms. The predicted octanol–water partition coefficient (Wildman–Crippen LogP) is 7.12. The SMILES string of the molecule is [Cl][Zr][Cl].c1ccc2[pH]ccc2c1.c1ccc2[pH]ccc2c1. The van der Waals surface area contributed by atoms with Crippen molar-refractivity contribution in [1.82, 2.24) is 0 Å². The molecule has 0 spiro atoms. The fourth-order valence-electron chi connectivity index (χ4n) is 1.99. The summed E-state index contributed by atoms with van der Waals surface area (Å²) < 4.78 is 0. The van der Waals surface area contributed by atoms with E-state index >= 15 is 0 Å². The minimum absolute atomic E-state index is 0.826. The van der Waals surface area contributed by atoms with Crippen molar-refractivity contribution >= 4 is 54.4 Å². The van der Waals surface area contributed by atoms with Crippen molar-refractivity contribution in [1.29, 1.82) is 0 Å². The molecule has 0 saturated carbocycles. The first-order chi connectivity index (χ1) is 10.3. The summed E-state index contributed by atoms with van der Waals surface area (Å²) in [4.78, 5) is 0. The summed E-state index contributed by atoms with van der Waals surface area (Å²) in [5, 5.41) is 5.77. The zero-order valence-corrected chi connectivity index (χ0v) is 17.2. The fourth-order valence-corrected chi connectivity index (χ4v) is 3.93. The molecule has 2 unspecified atom stereocenters. The molecular formula is C16H14Cl2P2Zr. The molecule has 0 fully saturated rings. The third-order valence-electron chi connectivity index (χ3n) is 2.93.